The fourth-order valence-corrected chi connectivity index (χ4v) is 3.46. The Balaban J connectivity index is 2.37. The fourth-order valence-electron chi connectivity index (χ4n) is 2.32. The maximum absolute atomic E-state index is 11.8. The summed E-state index contributed by atoms with van der Waals surface area (Å²) in [5.41, 5.74) is 7.17. The van der Waals surface area contributed by atoms with Crippen LogP contribution in [0.25, 0.3) is 21.0 Å². The van der Waals surface area contributed by atoms with Crippen molar-refractivity contribution in [2.75, 3.05) is 27.1 Å². The smallest absolute Gasteiger partial charge is 0.350 e. The van der Waals surface area contributed by atoms with E-state index in [2.05, 4.69) is 4.98 Å². The largest absolute Gasteiger partial charge is 0.493 e. The number of carbonyl (C=O) groups is 1. The number of rotatable bonds is 3. The number of aromatic nitrogens is 1. The number of thiophene rings is 1. The van der Waals surface area contributed by atoms with Gasteiger partial charge >= 0.3 is 5.97 Å². The zero-order valence-corrected chi connectivity index (χ0v) is 13.1. The van der Waals surface area contributed by atoms with Gasteiger partial charge in [-0.05, 0) is 6.07 Å². The Labute approximate surface area is 130 Å². The third kappa shape index (κ3) is 2.01. The van der Waals surface area contributed by atoms with Crippen LogP contribution in [0.2, 0.25) is 0 Å². The lowest BCUT2D eigenvalue weighted by Crippen LogP contribution is -2.01. The van der Waals surface area contributed by atoms with Gasteiger partial charge in [0.1, 0.15) is 4.88 Å². The van der Waals surface area contributed by atoms with Crippen molar-refractivity contribution in [1.82, 2.24) is 4.98 Å². The molecule has 6 nitrogen and oxygen atoms in total. The summed E-state index contributed by atoms with van der Waals surface area (Å²) >= 11 is 1.28. The molecule has 0 saturated heterocycles. The van der Waals surface area contributed by atoms with Crippen LogP contribution < -0.4 is 15.2 Å². The Morgan fingerprint density at radius 3 is 2.45 bits per heavy atom. The number of carbonyl (C=O) groups excluding carboxylic acids is 1. The van der Waals surface area contributed by atoms with Crippen LogP contribution in [-0.4, -0.2) is 32.3 Å². The Kier molecular flexibility index (Phi) is 3.50. The molecule has 3 rings (SSSR count). The van der Waals surface area contributed by atoms with Crippen molar-refractivity contribution in [2.24, 2.45) is 0 Å². The third-order valence-corrected chi connectivity index (χ3v) is 4.67. The summed E-state index contributed by atoms with van der Waals surface area (Å²) in [6, 6.07) is 3.63. The quantitative estimate of drug-likeness (QED) is 0.748. The van der Waals surface area contributed by atoms with Gasteiger partial charge in [-0.15, -0.1) is 11.3 Å². The van der Waals surface area contributed by atoms with Gasteiger partial charge in [0.15, 0.2) is 11.5 Å². The van der Waals surface area contributed by atoms with Gasteiger partial charge in [0.25, 0.3) is 0 Å². The van der Waals surface area contributed by atoms with Crippen molar-refractivity contribution >= 4 is 44.0 Å². The number of ether oxygens (including phenoxy) is 3. The highest BCUT2D eigenvalue weighted by atomic mass is 32.1. The summed E-state index contributed by atoms with van der Waals surface area (Å²) in [6.45, 7) is 0. The van der Waals surface area contributed by atoms with E-state index in [0.29, 0.717) is 22.1 Å². The third-order valence-electron chi connectivity index (χ3n) is 3.43. The minimum atomic E-state index is -0.452. The Hall–Kier alpha value is -2.54. The van der Waals surface area contributed by atoms with E-state index >= 15 is 0 Å². The number of hydrogen-bond acceptors (Lipinski definition) is 7. The summed E-state index contributed by atoms with van der Waals surface area (Å²) in [5.74, 6) is 0.739. The van der Waals surface area contributed by atoms with Crippen molar-refractivity contribution < 1.29 is 19.0 Å². The van der Waals surface area contributed by atoms with E-state index in [4.69, 9.17) is 19.9 Å². The van der Waals surface area contributed by atoms with Gasteiger partial charge in [-0.3, -0.25) is 4.98 Å². The first-order valence-electron chi connectivity index (χ1n) is 6.41. The molecule has 0 aliphatic rings. The van der Waals surface area contributed by atoms with E-state index in [-0.39, 0.29) is 0 Å². The lowest BCUT2D eigenvalue weighted by molar-refractivity contribution is 0.0607. The highest BCUT2D eigenvalue weighted by molar-refractivity contribution is 7.22. The van der Waals surface area contributed by atoms with Crippen molar-refractivity contribution in [3.05, 3.63) is 23.2 Å². The summed E-state index contributed by atoms with van der Waals surface area (Å²) in [5, 5.41) is 1.58. The molecule has 0 spiro atoms. The lowest BCUT2D eigenvalue weighted by atomic mass is 10.1. The van der Waals surface area contributed by atoms with Crippen LogP contribution in [0.5, 0.6) is 11.5 Å². The van der Waals surface area contributed by atoms with Crippen molar-refractivity contribution in [1.29, 1.82) is 0 Å². The van der Waals surface area contributed by atoms with Crippen LogP contribution in [0.4, 0.5) is 5.69 Å². The molecule has 0 atom stereocenters. The average Bonchev–Trinajstić information content (AvgIpc) is 2.90. The number of nitrogen functional groups attached to an aromatic ring is 1. The van der Waals surface area contributed by atoms with E-state index in [1.54, 1.807) is 26.5 Å². The van der Waals surface area contributed by atoms with E-state index < -0.39 is 5.97 Å². The summed E-state index contributed by atoms with van der Waals surface area (Å²) in [7, 11) is 4.47. The molecular weight excluding hydrogens is 304 g/mol. The number of fused-ring (bicyclic) bond motifs is 3. The van der Waals surface area contributed by atoms with Gasteiger partial charge in [-0.25, -0.2) is 4.79 Å². The molecule has 2 aromatic heterocycles. The highest BCUT2D eigenvalue weighted by Crippen LogP contribution is 2.41. The zero-order chi connectivity index (χ0) is 15.9. The van der Waals surface area contributed by atoms with Crippen LogP contribution in [0.15, 0.2) is 18.3 Å². The number of anilines is 1. The van der Waals surface area contributed by atoms with Gasteiger partial charge in [0.05, 0.1) is 32.5 Å². The van der Waals surface area contributed by atoms with Crippen molar-refractivity contribution in [3.63, 3.8) is 0 Å². The maximum Gasteiger partial charge on any atom is 0.350 e. The monoisotopic (exact) mass is 318 g/mol. The predicted molar refractivity (Wildman–Crippen MR) is 86.0 cm³/mol. The van der Waals surface area contributed by atoms with Gasteiger partial charge in [0.2, 0.25) is 0 Å². The summed E-state index contributed by atoms with van der Waals surface area (Å²) in [6.07, 6.45) is 1.65. The number of hydrogen-bond donors (Lipinski definition) is 1. The molecule has 0 aliphatic carbocycles. The van der Waals surface area contributed by atoms with Crippen LogP contribution >= 0.6 is 11.3 Å². The van der Waals surface area contributed by atoms with Crippen LogP contribution in [0.3, 0.4) is 0 Å². The molecule has 0 bridgehead atoms. The lowest BCUT2D eigenvalue weighted by Gasteiger charge is -2.09. The molecule has 2 heterocycles. The normalized spacial score (nSPS) is 10.9. The second-order valence-electron chi connectivity index (χ2n) is 4.56. The van der Waals surface area contributed by atoms with Crippen LogP contribution in [0.1, 0.15) is 9.67 Å². The number of nitrogens with two attached hydrogens (primary N) is 1. The predicted octanol–water partition coefficient (Wildman–Crippen LogP) is 2.84. The molecule has 3 aromatic rings. The van der Waals surface area contributed by atoms with Crippen molar-refractivity contribution in [3.8, 4) is 11.5 Å². The highest BCUT2D eigenvalue weighted by Gasteiger charge is 2.19. The Morgan fingerprint density at radius 1 is 1.14 bits per heavy atom. The first kappa shape index (κ1) is 14.4. The summed E-state index contributed by atoms with van der Waals surface area (Å²) in [4.78, 5) is 16.6. The molecule has 114 valence electrons. The summed E-state index contributed by atoms with van der Waals surface area (Å²) < 4.78 is 16.2. The molecule has 22 heavy (non-hydrogen) atoms. The average molecular weight is 318 g/mol. The molecule has 0 fully saturated rings. The molecule has 0 amide bonds. The van der Waals surface area contributed by atoms with Gasteiger partial charge < -0.3 is 19.9 Å². The number of esters is 1. The second-order valence-corrected chi connectivity index (χ2v) is 5.58. The first-order valence-corrected chi connectivity index (χ1v) is 7.23. The number of pyridine rings is 1. The number of methoxy groups -OCH3 is 3. The minimum absolute atomic E-state index is 0.376. The van der Waals surface area contributed by atoms with Crippen LogP contribution in [-0.2, 0) is 4.74 Å². The van der Waals surface area contributed by atoms with Gasteiger partial charge in [-0.2, -0.15) is 0 Å². The molecule has 7 heteroatoms. The Morgan fingerprint density at radius 2 is 1.82 bits per heavy atom. The molecular formula is C15H14N2O4S. The van der Waals surface area contributed by atoms with E-state index in [1.807, 2.05) is 6.07 Å². The Bertz CT molecular complexity index is 888. The van der Waals surface area contributed by atoms with Crippen LogP contribution in [0, 0.1) is 0 Å². The fraction of sp³-hybridized carbons (Fsp3) is 0.200. The SMILES string of the molecule is COC(=O)c1sc2c(cnc3cc(OC)c(OC)cc32)c1N. The molecule has 2 N–H and O–H groups in total. The minimum Gasteiger partial charge on any atom is -0.493 e. The van der Waals surface area contributed by atoms with E-state index in [9.17, 15) is 4.79 Å². The molecule has 0 radical (unpaired) electrons. The molecule has 0 saturated carbocycles. The van der Waals surface area contributed by atoms with Gasteiger partial charge in [0, 0.05) is 27.7 Å². The topological polar surface area (TPSA) is 83.7 Å². The second kappa shape index (κ2) is 5.34. The molecule has 1 aromatic carbocycles. The zero-order valence-electron chi connectivity index (χ0n) is 12.3. The van der Waals surface area contributed by atoms with Crippen molar-refractivity contribution in [2.45, 2.75) is 0 Å². The van der Waals surface area contributed by atoms with E-state index in [1.165, 1.54) is 18.4 Å². The van der Waals surface area contributed by atoms with Gasteiger partial charge in [-0.1, -0.05) is 0 Å². The number of nitrogens with zero attached hydrogens (tertiary/aromatic N) is 1. The maximum atomic E-state index is 11.8. The molecule has 0 unspecified atom stereocenters. The standard InChI is InChI=1S/C15H14N2O4S/c1-19-10-4-7-9(5-11(10)20-2)17-6-8-12(16)14(15(18)21-3)22-13(7)8/h4-6H,16H2,1-3H3. The molecule has 0 aliphatic heterocycles. The van der Waals surface area contributed by atoms with E-state index in [0.717, 1.165) is 21.0 Å². The first-order chi connectivity index (χ1) is 10.6. The number of benzene rings is 1.